The Morgan fingerprint density at radius 3 is 2.67 bits per heavy atom. The number of nitrogens with zero attached hydrogens (tertiary/aromatic N) is 1. The molecule has 218 valence electrons. The van der Waals surface area contributed by atoms with Crippen molar-refractivity contribution in [2.45, 2.75) is 87.2 Å². The number of benzene rings is 1. The van der Waals surface area contributed by atoms with E-state index in [9.17, 15) is 34.8 Å². The summed E-state index contributed by atoms with van der Waals surface area (Å²) in [6, 6.07) is 1.98. The van der Waals surface area contributed by atoms with Crippen molar-refractivity contribution in [3.8, 4) is 11.5 Å². The Balaban J connectivity index is 1.29. The number of aliphatic hydroxyl groups is 3. The van der Waals surface area contributed by atoms with Gasteiger partial charge in [0, 0.05) is 18.0 Å². The van der Waals surface area contributed by atoms with Crippen LogP contribution in [0.1, 0.15) is 44.2 Å². The highest BCUT2D eigenvalue weighted by molar-refractivity contribution is 5.85. The number of aliphatic carboxylic acids is 1. The van der Waals surface area contributed by atoms with Crippen LogP contribution in [0.4, 0.5) is 0 Å². The molecule has 1 fully saturated rings. The van der Waals surface area contributed by atoms with E-state index in [2.05, 4.69) is 10.2 Å². The maximum Gasteiger partial charge on any atom is 0.325 e. The molecular formula is C27H34N2O11. The fourth-order valence-corrected chi connectivity index (χ4v) is 6.64. The minimum absolute atomic E-state index is 0.0699. The number of esters is 1. The lowest BCUT2D eigenvalue weighted by molar-refractivity contribution is -0.194. The average molecular weight is 563 g/mol. The molecule has 1 saturated heterocycles. The smallest absolute Gasteiger partial charge is 0.325 e. The number of likely N-dealkylation sites (tertiary alicyclic amines) is 1. The standard InChI is InChI=1S/C27H34N2O11/c1-12(24(34)35)28-23(33)13(2)38-25(36)16(31)11-19(32)39-17-6-7-27(37)18-10-14-4-5-15(30)21-20(14)26(27,22(17)40-21)8-9-29(18)3/h4-6,12-13,16,18,22,25,30-31,36-37H,7-11H2,1-3H3,(H,28,33)(H,34,35)/t12-,13-,16-,18+,22-,25?,26?,27+/m0/s1. The van der Waals surface area contributed by atoms with Crippen LogP contribution in [0.3, 0.4) is 0 Å². The summed E-state index contributed by atoms with van der Waals surface area (Å²) in [5, 5.41) is 54.3. The highest BCUT2D eigenvalue weighted by Crippen LogP contribution is 2.65. The third-order valence-corrected chi connectivity index (χ3v) is 8.73. The highest BCUT2D eigenvalue weighted by atomic mass is 16.6. The number of carboxylic acids is 1. The summed E-state index contributed by atoms with van der Waals surface area (Å²) < 4.78 is 16.9. The summed E-state index contributed by atoms with van der Waals surface area (Å²) in [7, 11) is 1.96. The fourth-order valence-electron chi connectivity index (χ4n) is 6.64. The van der Waals surface area contributed by atoms with Gasteiger partial charge in [0.1, 0.15) is 24.0 Å². The molecule has 5 rings (SSSR count). The lowest BCUT2D eigenvalue weighted by Crippen LogP contribution is -2.74. The average Bonchev–Trinajstić information content (AvgIpc) is 3.25. The summed E-state index contributed by atoms with van der Waals surface area (Å²) in [6.45, 7) is 3.16. The molecular weight excluding hydrogens is 528 g/mol. The number of piperidine rings is 1. The zero-order valence-corrected chi connectivity index (χ0v) is 22.4. The van der Waals surface area contributed by atoms with Crippen LogP contribution in [-0.4, -0.2) is 104 Å². The summed E-state index contributed by atoms with van der Waals surface area (Å²) in [4.78, 5) is 37.9. The number of carboxylic acid groups (broad SMARTS) is 1. The topological polar surface area (TPSA) is 195 Å². The van der Waals surface area contributed by atoms with Crippen LogP contribution in [0.5, 0.6) is 11.5 Å². The molecule has 2 heterocycles. The van der Waals surface area contributed by atoms with E-state index in [4.69, 9.17) is 19.3 Å². The number of nitrogens with one attached hydrogen (secondary N) is 1. The molecule has 1 aromatic carbocycles. The van der Waals surface area contributed by atoms with Crippen molar-refractivity contribution in [3.63, 3.8) is 0 Å². The summed E-state index contributed by atoms with van der Waals surface area (Å²) in [6.07, 6.45) is -3.79. The monoisotopic (exact) mass is 562 g/mol. The van der Waals surface area contributed by atoms with Crippen molar-refractivity contribution in [1.29, 1.82) is 0 Å². The van der Waals surface area contributed by atoms with Gasteiger partial charge in [-0.2, -0.15) is 0 Å². The molecule has 40 heavy (non-hydrogen) atoms. The maximum atomic E-state index is 12.9. The lowest BCUT2D eigenvalue weighted by Gasteiger charge is -2.61. The van der Waals surface area contributed by atoms with E-state index in [1.807, 2.05) is 13.1 Å². The molecule has 8 atom stereocenters. The van der Waals surface area contributed by atoms with Crippen LogP contribution in [0.15, 0.2) is 24.0 Å². The van der Waals surface area contributed by atoms with Gasteiger partial charge in [0.25, 0.3) is 0 Å². The SMILES string of the molecule is C[C@H](NC(=O)[C@H](C)OC(O)[C@@H](O)CC(=O)OC1=CC[C@@]2(O)[C@H]3Cc4ccc(O)c5c4C2(CCN3C)[C@H]1O5)C(=O)O. The van der Waals surface area contributed by atoms with Gasteiger partial charge in [0.2, 0.25) is 5.91 Å². The molecule has 1 aromatic rings. The number of aromatic hydroxyl groups is 1. The van der Waals surface area contributed by atoms with Gasteiger partial charge in [-0.3, -0.25) is 14.4 Å². The zero-order chi connectivity index (χ0) is 29.1. The number of hydrogen-bond donors (Lipinski definition) is 6. The van der Waals surface area contributed by atoms with Gasteiger partial charge in [0.15, 0.2) is 23.9 Å². The minimum atomic E-state index is -1.95. The normalized spacial score (nSPS) is 31.1. The molecule has 0 saturated carbocycles. The third kappa shape index (κ3) is 4.23. The number of rotatable bonds is 9. The predicted molar refractivity (Wildman–Crippen MR) is 135 cm³/mol. The Morgan fingerprint density at radius 1 is 1.25 bits per heavy atom. The summed E-state index contributed by atoms with van der Waals surface area (Å²) in [5.74, 6) is -2.67. The van der Waals surface area contributed by atoms with Crippen molar-refractivity contribution in [1.82, 2.24) is 10.2 Å². The van der Waals surface area contributed by atoms with Gasteiger partial charge in [0.05, 0.1) is 17.4 Å². The first-order chi connectivity index (χ1) is 18.8. The van der Waals surface area contributed by atoms with E-state index in [0.29, 0.717) is 19.4 Å². The van der Waals surface area contributed by atoms with Crippen LogP contribution in [0.25, 0.3) is 0 Å². The Labute approximate surface area is 229 Å². The Morgan fingerprint density at radius 2 is 1.98 bits per heavy atom. The number of likely N-dealkylation sites (N-methyl/N-ethyl adjacent to an activating group) is 1. The molecule has 2 aliphatic carbocycles. The molecule has 2 bridgehead atoms. The van der Waals surface area contributed by atoms with Gasteiger partial charge in [-0.05, 0) is 58.0 Å². The van der Waals surface area contributed by atoms with Crippen molar-refractivity contribution >= 4 is 17.8 Å². The Kier molecular flexibility index (Phi) is 7.07. The van der Waals surface area contributed by atoms with Gasteiger partial charge < -0.3 is 50.0 Å². The van der Waals surface area contributed by atoms with E-state index in [1.165, 1.54) is 13.8 Å². The largest absolute Gasteiger partial charge is 0.504 e. The zero-order valence-electron chi connectivity index (χ0n) is 22.4. The molecule has 6 N–H and O–H groups in total. The first-order valence-corrected chi connectivity index (χ1v) is 13.2. The number of hydrogen-bond acceptors (Lipinski definition) is 11. The van der Waals surface area contributed by atoms with Crippen LogP contribution in [-0.2, 0) is 35.7 Å². The van der Waals surface area contributed by atoms with Crippen molar-refractivity contribution in [2.75, 3.05) is 13.6 Å². The maximum absolute atomic E-state index is 12.9. The van der Waals surface area contributed by atoms with Crippen LogP contribution >= 0.6 is 0 Å². The molecule has 1 spiro atoms. The second-order valence-corrected chi connectivity index (χ2v) is 11.1. The van der Waals surface area contributed by atoms with Crippen LogP contribution in [0, 0.1) is 0 Å². The number of amides is 1. The van der Waals surface area contributed by atoms with Gasteiger partial charge in [-0.1, -0.05) is 6.07 Å². The summed E-state index contributed by atoms with van der Waals surface area (Å²) in [5.41, 5.74) is -0.492. The van der Waals surface area contributed by atoms with E-state index in [0.717, 1.165) is 11.1 Å². The minimum Gasteiger partial charge on any atom is -0.504 e. The second kappa shape index (κ2) is 10.00. The van der Waals surface area contributed by atoms with E-state index in [-0.39, 0.29) is 29.7 Å². The van der Waals surface area contributed by atoms with Gasteiger partial charge in [-0.15, -0.1) is 0 Å². The second-order valence-electron chi connectivity index (χ2n) is 11.1. The molecule has 4 aliphatic rings. The molecule has 2 aliphatic heterocycles. The number of phenolic OH excluding ortho intramolecular Hbond substituents is 1. The van der Waals surface area contributed by atoms with Crippen LogP contribution in [0.2, 0.25) is 0 Å². The first-order valence-electron chi connectivity index (χ1n) is 13.2. The molecule has 1 amide bonds. The molecule has 0 radical (unpaired) electrons. The predicted octanol–water partition coefficient (Wildman–Crippen LogP) is -0.723. The van der Waals surface area contributed by atoms with Crippen molar-refractivity contribution in [3.05, 3.63) is 35.1 Å². The Bertz CT molecular complexity index is 1270. The van der Waals surface area contributed by atoms with E-state index >= 15 is 0 Å². The summed E-state index contributed by atoms with van der Waals surface area (Å²) >= 11 is 0. The van der Waals surface area contributed by atoms with Crippen molar-refractivity contribution < 1.29 is 54.1 Å². The first kappa shape index (κ1) is 28.3. The molecule has 13 heteroatoms. The fraction of sp³-hybridized carbons (Fsp3) is 0.593. The highest BCUT2D eigenvalue weighted by Gasteiger charge is 2.72. The lowest BCUT2D eigenvalue weighted by atomic mass is 9.50. The molecule has 0 aromatic heterocycles. The van der Waals surface area contributed by atoms with Crippen LogP contribution < -0.4 is 10.1 Å². The van der Waals surface area contributed by atoms with Gasteiger partial charge >= 0.3 is 11.9 Å². The van der Waals surface area contributed by atoms with Gasteiger partial charge in [-0.25, -0.2) is 0 Å². The van der Waals surface area contributed by atoms with Crippen molar-refractivity contribution in [2.24, 2.45) is 0 Å². The number of phenols is 1. The quantitative estimate of drug-likeness (QED) is 0.163. The molecule has 2 unspecified atom stereocenters. The Hall–Kier alpha value is -3.23. The number of carbonyl (C=O) groups is 3. The number of ether oxygens (including phenoxy) is 3. The van der Waals surface area contributed by atoms with E-state index < -0.39 is 65.9 Å². The number of aliphatic hydroxyl groups excluding tert-OH is 2. The molecule has 13 nitrogen and oxygen atoms in total. The number of carbonyl (C=O) groups excluding carboxylic acids is 2. The third-order valence-electron chi connectivity index (χ3n) is 8.73. The van der Waals surface area contributed by atoms with E-state index in [1.54, 1.807) is 12.1 Å².